The minimum atomic E-state index is -0.160. The Morgan fingerprint density at radius 3 is 0.846 bits per heavy atom. The van der Waals surface area contributed by atoms with Crippen LogP contribution in [0.3, 0.4) is 0 Å². The standard InChI is InChI=1S/C86H107BN4/c1-77(2,3)51-31-48(32-52(37-51)78(4,5)6)65-47-66(49-33-53(79(7,8)9)38-54(34-49)80(10,11)12)89-76(88-65)50-35-69-73-70(36-50)91-68-46-58(84(22,23)24)42-62(86(28,29)30)72(68)60-40-56(82(16,17)18)44-64(75(60)91)87(73)63-43-55(81(13,14)15)39-59-71-61(85(25,26)27)41-57(83(19,20)21)45-67(71)90(69)74(59)63/h31-47H,1-30H3. The highest BCUT2D eigenvalue weighted by Gasteiger charge is 2.45. The second-order valence-corrected chi connectivity index (χ2v) is 38.4. The number of hydrogen-bond acceptors (Lipinski definition) is 2. The van der Waals surface area contributed by atoms with E-state index in [0.717, 1.165) is 33.9 Å². The van der Waals surface area contributed by atoms with Crippen molar-refractivity contribution >= 4 is 66.7 Å². The summed E-state index contributed by atoms with van der Waals surface area (Å²) in [6.07, 6.45) is 0. The van der Waals surface area contributed by atoms with E-state index < -0.39 is 0 Å². The number of hydrogen-bond donors (Lipinski definition) is 0. The molecule has 0 aliphatic carbocycles. The fourth-order valence-electron chi connectivity index (χ4n) is 14.5. The Labute approximate surface area is 548 Å². The largest absolute Gasteiger partial charge is 0.310 e. The van der Waals surface area contributed by atoms with Crippen molar-refractivity contribution in [3.8, 4) is 45.3 Å². The summed E-state index contributed by atoms with van der Waals surface area (Å²) in [6, 6.07) is 42.5. The van der Waals surface area contributed by atoms with E-state index in [2.05, 4.69) is 320 Å². The monoisotopic (exact) mass is 1210 g/mol. The fourth-order valence-corrected chi connectivity index (χ4v) is 14.5. The van der Waals surface area contributed by atoms with Crippen LogP contribution in [0.1, 0.15) is 263 Å². The summed E-state index contributed by atoms with van der Waals surface area (Å²) in [7, 11) is 0. The molecule has 0 bridgehead atoms. The van der Waals surface area contributed by atoms with Gasteiger partial charge in [-0.25, -0.2) is 9.97 Å². The second kappa shape index (κ2) is 19.9. The first kappa shape index (κ1) is 64.4. The molecule has 0 saturated heterocycles. The first-order valence-corrected chi connectivity index (χ1v) is 34.2. The Hall–Kier alpha value is -6.72. The van der Waals surface area contributed by atoms with E-state index in [1.54, 1.807) is 0 Å². The normalized spacial score (nSPS) is 14.5. The van der Waals surface area contributed by atoms with E-state index in [0.29, 0.717) is 0 Å². The van der Waals surface area contributed by atoms with Crippen molar-refractivity contribution in [2.24, 2.45) is 0 Å². The maximum absolute atomic E-state index is 5.97. The summed E-state index contributed by atoms with van der Waals surface area (Å²) in [5.74, 6) is 0.722. The topological polar surface area (TPSA) is 35.6 Å². The van der Waals surface area contributed by atoms with Crippen LogP contribution in [0.2, 0.25) is 0 Å². The summed E-state index contributed by atoms with van der Waals surface area (Å²) < 4.78 is 5.46. The maximum atomic E-state index is 5.97. The van der Waals surface area contributed by atoms with Crippen LogP contribution in [-0.2, 0) is 54.1 Å². The SMILES string of the molecule is CC(C)(C)c1cc(-c2cc(-c3cc(C(C)(C)C)cc(C(C)(C)C)c3)nc(-c3cc4c5c(c3)-n3c6cc(C(C)(C)C)cc(C(C)(C)C)c6c6cc(C(C)(C)C)cc(c63)B5c3cc(C(C)(C)C)cc5c6c(C(C)(C)C)cc(C(C)(C)C)cc6n-4c35)n2)cc(C(C)(C)C)c1. The zero-order valence-electron chi connectivity index (χ0n) is 61.7. The van der Waals surface area contributed by atoms with E-state index >= 15 is 0 Å². The molecule has 0 unspecified atom stereocenters. The number of fused-ring (bicyclic) bond motifs is 10. The molecule has 5 heteroatoms. The minimum Gasteiger partial charge on any atom is -0.310 e. The van der Waals surface area contributed by atoms with Crippen molar-refractivity contribution in [1.29, 1.82) is 0 Å². The lowest BCUT2D eigenvalue weighted by atomic mass is 9.34. The molecule has 2 aliphatic rings. The third-order valence-corrected chi connectivity index (χ3v) is 20.5. The van der Waals surface area contributed by atoms with Gasteiger partial charge in [-0.3, -0.25) is 0 Å². The first-order chi connectivity index (χ1) is 41.4. The quantitative estimate of drug-likeness (QED) is 0.165. The molecule has 0 saturated carbocycles. The highest BCUT2D eigenvalue weighted by Crippen LogP contribution is 2.49. The fraction of sp³-hybridized carbons (Fsp3) is 0.465. The molecule has 5 heterocycles. The Bertz CT molecular complexity index is 4350. The van der Waals surface area contributed by atoms with Gasteiger partial charge in [-0.15, -0.1) is 0 Å². The summed E-state index contributed by atoms with van der Waals surface area (Å²) in [5, 5.41) is 5.38. The Balaban J connectivity index is 1.35. The zero-order chi connectivity index (χ0) is 66.9. The van der Waals surface area contributed by atoms with Crippen molar-refractivity contribution in [3.05, 3.63) is 159 Å². The van der Waals surface area contributed by atoms with E-state index in [1.807, 2.05) is 0 Å². The third-order valence-electron chi connectivity index (χ3n) is 20.5. The van der Waals surface area contributed by atoms with Crippen LogP contribution in [0.5, 0.6) is 0 Å². The molecule has 474 valence electrons. The van der Waals surface area contributed by atoms with Gasteiger partial charge in [-0.1, -0.05) is 244 Å². The van der Waals surface area contributed by atoms with Gasteiger partial charge in [0.2, 0.25) is 0 Å². The van der Waals surface area contributed by atoms with Crippen molar-refractivity contribution in [2.75, 3.05) is 0 Å². The minimum absolute atomic E-state index is 0.0858. The lowest BCUT2D eigenvalue weighted by Crippen LogP contribution is -2.59. The maximum Gasteiger partial charge on any atom is 0.252 e. The van der Waals surface area contributed by atoms with E-state index in [1.165, 1.54) is 127 Å². The summed E-state index contributed by atoms with van der Waals surface area (Å²) in [6.45, 7) is 71.2. The molecule has 0 radical (unpaired) electrons. The Kier molecular flexibility index (Phi) is 14.1. The predicted molar refractivity (Wildman–Crippen MR) is 399 cm³/mol. The average Bonchev–Trinajstić information content (AvgIpc) is 1.56. The van der Waals surface area contributed by atoms with Gasteiger partial charge >= 0.3 is 0 Å². The molecular weight excluding hydrogens is 1100 g/mol. The molecule has 4 nitrogen and oxygen atoms in total. The molecular formula is C86H107BN4. The lowest BCUT2D eigenvalue weighted by Gasteiger charge is -2.36. The van der Waals surface area contributed by atoms with Crippen LogP contribution in [0, 0.1) is 0 Å². The third kappa shape index (κ3) is 10.8. The van der Waals surface area contributed by atoms with Crippen LogP contribution in [-0.4, -0.2) is 25.8 Å². The van der Waals surface area contributed by atoms with E-state index in [4.69, 9.17) is 9.97 Å². The van der Waals surface area contributed by atoms with Crippen molar-refractivity contribution in [2.45, 2.75) is 262 Å². The molecule has 0 atom stereocenters. The Morgan fingerprint density at radius 1 is 0.275 bits per heavy atom. The molecule has 10 aromatic rings. The number of aromatic nitrogens is 4. The summed E-state index contributed by atoms with van der Waals surface area (Å²) in [4.78, 5) is 11.9. The van der Waals surface area contributed by atoms with Gasteiger partial charge in [0.1, 0.15) is 0 Å². The highest BCUT2D eigenvalue weighted by atomic mass is 15.0. The van der Waals surface area contributed by atoms with Crippen LogP contribution >= 0.6 is 0 Å². The van der Waals surface area contributed by atoms with Gasteiger partial charge < -0.3 is 9.13 Å². The first-order valence-electron chi connectivity index (χ1n) is 34.2. The number of nitrogens with zero attached hydrogens (tertiary/aromatic N) is 4. The van der Waals surface area contributed by atoms with Crippen LogP contribution in [0.15, 0.2) is 103 Å². The van der Waals surface area contributed by atoms with Crippen molar-refractivity contribution in [3.63, 3.8) is 0 Å². The molecule has 12 rings (SSSR count). The summed E-state index contributed by atoms with van der Waals surface area (Å²) >= 11 is 0. The molecule has 0 amide bonds. The van der Waals surface area contributed by atoms with Crippen molar-refractivity contribution in [1.82, 2.24) is 19.1 Å². The molecule has 2 aliphatic heterocycles. The highest BCUT2D eigenvalue weighted by molar-refractivity contribution is 7.00. The van der Waals surface area contributed by atoms with Crippen LogP contribution < -0.4 is 16.4 Å². The van der Waals surface area contributed by atoms with E-state index in [9.17, 15) is 0 Å². The molecule has 0 spiro atoms. The van der Waals surface area contributed by atoms with Gasteiger partial charge in [0.25, 0.3) is 6.71 Å². The molecule has 3 aromatic heterocycles. The van der Waals surface area contributed by atoms with Gasteiger partial charge in [0.15, 0.2) is 5.82 Å². The molecule has 91 heavy (non-hydrogen) atoms. The Morgan fingerprint density at radius 2 is 0.560 bits per heavy atom. The zero-order valence-corrected chi connectivity index (χ0v) is 61.7. The number of rotatable bonds is 3. The molecule has 0 N–H and O–H groups in total. The van der Waals surface area contributed by atoms with Gasteiger partial charge in [0.05, 0.1) is 22.4 Å². The smallest absolute Gasteiger partial charge is 0.252 e. The average molecular weight is 1210 g/mol. The van der Waals surface area contributed by atoms with Gasteiger partial charge in [-0.2, -0.15) is 0 Å². The van der Waals surface area contributed by atoms with Crippen molar-refractivity contribution < 1.29 is 0 Å². The predicted octanol–water partition coefficient (Wildman–Crippen LogP) is 21.8. The lowest BCUT2D eigenvalue weighted by molar-refractivity contribution is 0.568. The second-order valence-electron chi connectivity index (χ2n) is 38.4. The van der Waals surface area contributed by atoms with Gasteiger partial charge in [0, 0.05) is 60.6 Å². The van der Waals surface area contributed by atoms with Gasteiger partial charge in [-0.05, 0) is 193 Å². The molecule has 7 aromatic carbocycles. The summed E-state index contributed by atoms with van der Waals surface area (Å²) in [5.41, 5.74) is 28.9. The molecule has 0 fully saturated rings. The number of benzene rings is 7. The van der Waals surface area contributed by atoms with Crippen LogP contribution in [0.4, 0.5) is 0 Å². The van der Waals surface area contributed by atoms with E-state index in [-0.39, 0.29) is 60.9 Å². The van der Waals surface area contributed by atoms with Crippen LogP contribution in [0.25, 0.3) is 88.9 Å².